The number of carbonyl (C=O) groups is 2. The largest absolute Gasteiger partial charge is 0.443 e. The van der Waals surface area contributed by atoms with Gasteiger partial charge in [0.25, 0.3) is 5.91 Å². The van der Waals surface area contributed by atoms with Gasteiger partial charge in [0, 0.05) is 5.57 Å². The molecule has 1 unspecified atom stereocenters. The number of nitrogens with zero attached hydrogens (tertiary/aromatic N) is 1. The van der Waals surface area contributed by atoms with Gasteiger partial charge in [0.15, 0.2) is 0 Å². The number of carbonyl (C=O) groups excluding carboxylic acids is 2. The minimum absolute atomic E-state index is 0.253. The molecule has 1 fully saturated rings. The summed E-state index contributed by atoms with van der Waals surface area (Å²) in [6.45, 7) is 7.22. The van der Waals surface area contributed by atoms with Gasteiger partial charge >= 0.3 is 6.09 Å². The Morgan fingerprint density at radius 3 is 2.45 bits per heavy atom. The fourth-order valence-corrected chi connectivity index (χ4v) is 2.60. The van der Waals surface area contributed by atoms with Crippen LogP contribution in [0.5, 0.6) is 0 Å². The van der Waals surface area contributed by atoms with Crippen molar-refractivity contribution in [2.45, 2.75) is 52.2 Å². The van der Waals surface area contributed by atoms with Crippen molar-refractivity contribution >= 4 is 12.0 Å². The van der Waals surface area contributed by atoms with E-state index in [1.165, 1.54) is 4.90 Å². The average Bonchev–Trinajstić information content (AvgIpc) is 2.45. The maximum absolute atomic E-state index is 12.6. The Morgan fingerprint density at radius 1 is 1.27 bits per heavy atom. The Morgan fingerprint density at radius 2 is 1.91 bits per heavy atom. The standard InChI is InChI=1S/C18H23NO3/c1-5-13-11-12-15(14-9-7-6-8-10-14)19(16(13)20)17(21)22-18(2,3)4/h5-10,15H,11-12H2,1-4H3/b13-5+. The first kappa shape index (κ1) is 16.3. The van der Waals surface area contributed by atoms with Gasteiger partial charge in [-0.1, -0.05) is 36.4 Å². The van der Waals surface area contributed by atoms with Crippen molar-refractivity contribution in [1.82, 2.24) is 4.90 Å². The van der Waals surface area contributed by atoms with Crippen LogP contribution in [0.25, 0.3) is 0 Å². The van der Waals surface area contributed by atoms with Crippen molar-refractivity contribution in [3.05, 3.63) is 47.5 Å². The van der Waals surface area contributed by atoms with Gasteiger partial charge in [-0.2, -0.15) is 0 Å². The molecular weight excluding hydrogens is 278 g/mol. The fraction of sp³-hybridized carbons (Fsp3) is 0.444. The lowest BCUT2D eigenvalue weighted by atomic mass is 9.92. The number of hydrogen-bond donors (Lipinski definition) is 0. The first-order valence-corrected chi connectivity index (χ1v) is 7.60. The van der Waals surface area contributed by atoms with Crippen LogP contribution in [0.2, 0.25) is 0 Å². The minimum Gasteiger partial charge on any atom is -0.443 e. The molecule has 1 aromatic rings. The number of rotatable bonds is 1. The van der Waals surface area contributed by atoms with Crippen LogP contribution in [-0.2, 0) is 9.53 Å². The van der Waals surface area contributed by atoms with Crippen LogP contribution in [0.1, 0.15) is 52.1 Å². The Hall–Kier alpha value is -2.10. The summed E-state index contributed by atoms with van der Waals surface area (Å²) in [5.41, 5.74) is 0.987. The van der Waals surface area contributed by atoms with Crippen molar-refractivity contribution in [2.24, 2.45) is 0 Å². The molecule has 1 aromatic carbocycles. The molecule has 0 aromatic heterocycles. The number of benzene rings is 1. The van der Waals surface area contributed by atoms with Crippen LogP contribution in [0.15, 0.2) is 42.0 Å². The van der Waals surface area contributed by atoms with Gasteiger partial charge in [-0.3, -0.25) is 4.79 Å². The van der Waals surface area contributed by atoms with Gasteiger partial charge in [-0.15, -0.1) is 0 Å². The fourth-order valence-electron chi connectivity index (χ4n) is 2.60. The van der Waals surface area contributed by atoms with Gasteiger partial charge in [-0.05, 0) is 46.1 Å². The molecule has 0 saturated carbocycles. The van der Waals surface area contributed by atoms with Crippen LogP contribution in [0.4, 0.5) is 4.79 Å². The molecule has 0 N–H and O–H groups in total. The number of allylic oxidation sites excluding steroid dienone is 1. The Labute approximate surface area is 131 Å². The molecule has 2 amide bonds. The molecule has 1 heterocycles. The Bertz CT molecular complexity index is 584. The average molecular weight is 301 g/mol. The quantitative estimate of drug-likeness (QED) is 0.729. The topological polar surface area (TPSA) is 46.6 Å². The smallest absolute Gasteiger partial charge is 0.417 e. The van der Waals surface area contributed by atoms with E-state index in [0.717, 1.165) is 5.56 Å². The summed E-state index contributed by atoms with van der Waals surface area (Å²) < 4.78 is 5.43. The third-order valence-corrected chi connectivity index (χ3v) is 3.62. The van der Waals surface area contributed by atoms with Crippen LogP contribution >= 0.6 is 0 Å². The lowest BCUT2D eigenvalue weighted by Gasteiger charge is -2.36. The molecule has 22 heavy (non-hydrogen) atoms. The van der Waals surface area contributed by atoms with Gasteiger partial charge in [-0.25, -0.2) is 9.69 Å². The summed E-state index contributed by atoms with van der Waals surface area (Å²) >= 11 is 0. The molecule has 118 valence electrons. The molecule has 0 radical (unpaired) electrons. The second-order valence-corrected chi connectivity index (χ2v) is 6.43. The van der Waals surface area contributed by atoms with Crippen molar-refractivity contribution in [3.63, 3.8) is 0 Å². The second-order valence-electron chi connectivity index (χ2n) is 6.43. The highest BCUT2D eigenvalue weighted by Crippen LogP contribution is 2.35. The summed E-state index contributed by atoms with van der Waals surface area (Å²) in [6.07, 6.45) is 2.59. The van der Waals surface area contributed by atoms with Crippen LogP contribution < -0.4 is 0 Å². The molecule has 0 bridgehead atoms. The highest BCUT2D eigenvalue weighted by Gasteiger charge is 2.38. The molecule has 1 atom stereocenters. The summed E-state index contributed by atoms with van der Waals surface area (Å²) in [6, 6.07) is 9.36. The molecule has 1 aliphatic rings. The monoisotopic (exact) mass is 301 g/mol. The van der Waals surface area contributed by atoms with Crippen molar-refractivity contribution < 1.29 is 14.3 Å². The van der Waals surface area contributed by atoms with E-state index in [1.807, 2.05) is 37.3 Å². The number of piperidine rings is 1. The number of imide groups is 1. The van der Waals surface area contributed by atoms with E-state index in [1.54, 1.807) is 26.8 Å². The van der Waals surface area contributed by atoms with E-state index in [0.29, 0.717) is 18.4 Å². The highest BCUT2D eigenvalue weighted by molar-refractivity contribution is 6.03. The zero-order chi connectivity index (χ0) is 16.3. The zero-order valence-electron chi connectivity index (χ0n) is 13.6. The first-order valence-electron chi connectivity index (χ1n) is 7.60. The number of hydrogen-bond acceptors (Lipinski definition) is 3. The maximum Gasteiger partial charge on any atom is 0.417 e. The third kappa shape index (κ3) is 3.56. The summed E-state index contributed by atoms with van der Waals surface area (Å²) in [5, 5.41) is 0. The molecule has 0 spiro atoms. The van der Waals surface area contributed by atoms with Gasteiger partial charge in [0.2, 0.25) is 0 Å². The van der Waals surface area contributed by atoms with Crippen molar-refractivity contribution in [2.75, 3.05) is 0 Å². The zero-order valence-corrected chi connectivity index (χ0v) is 13.6. The van der Waals surface area contributed by atoms with Gasteiger partial charge in [0.1, 0.15) is 5.60 Å². The highest BCUT2D eigenvalue weighted by atomic mass is 16.6. The van der Waals surface area contributed by atoms with E-state index >= 15 is 0 Å². The molecular formula is C18H23NO3. The molecule has 0 aliphatic carbocycles. The van der Waals surface area contributed by atoms with Crippen LogP contribution in [0.3, 0.4) is 0 Å². The molecule has 4 heteroatoms. The lowest BCUT2D eigenvalue weighted by molar-refractivity contribution is -0.130. The summed E-state index contributed by atoms with van der Waals surface area (Å²) in [4.78, 5) is 26.4. The molecule has 2 rings (SSSR count). The van der Waals surface area contributed by atoms with E-state index < -0.39 is 11.7 Å². The van der Waals surface area contributed by atoms with E-state index in [9.17, 15) is 9.59 Å². The second kappa shape index (κ2) is 6.34. The molecule has 1 saturated heterocycles. The first-order chi connectivity index (χ1) is 10.3. The predicted octanol–water partition coefficient (Wildman–Crippen LogP) is 4.23. The summed E-state index contributed by atoms with van der Waals surface area (Å²) in [7, 11) is 0. The Kier molecular flexibility index (Phi) is 4.69. The lowest BCUT2D eigenvalue weighted by Crippen LogP contribution is -2.46. The van der Waals surface area contributed by atoms with Gasteiger partial charge in [0.05, 0.1) is 6.04 Å². The predicted molar refractivity (Wildman–Crippen MR) is 85.3 cm³/mol. The molecule has 1 aliphatic heterocycles. The van der Waals surface area contributed by atoms with Gasteiger partial charge < -0.3 is 4.74 Å². The Balaban J connectivity index is 2.35. The minimum atomic E-state index is -0.633. The number of ether oxygens (including phenoxy) is 1. The molecule has 4 nitrogen and oxygen atoms in total. The van der Waals surface area contributed by atoms with E-state index in [-0.39, 0.29) is 11.9 Å². The number of amides is 2. The third-order valence-electron chi connectivity index (χ3n) is 3.62. The van der Waals surface area contributed by atoms with Crippen LogP contribution in [0, 0.1) is 0 Å². The number of likely N-dealkylation sites (tertiary alicyclic amines) is 1. The van der Waals surface area contributed by atoms with Crippen molar-refractivity contribution in [1.29, 1.82) is 0 Å². The normalized spacial score (nSPS) is 21.1. The van der Waals surface area contributed by atoms with E-state index in [2.05, 4.69) is 0 Å². The van der Waals surface area contributed by atoms with Crippen molar-refractivity contribution in [3.8, 4) is 0 Å². The SMILES string of the molecule is C/C=C1\CCC(c2ccccc2)N(C(=O)OC(C)(C)C)C1=O. The summed E-state index contributed by atoms with van der Waals surface area (Å²) in [5.74, 6) is -0.253. The van der Waals surface area contributed by atoms with Crippen LogP contribution in [-0.4, -0.2) is 22.5 Å². The maximum atomic E-state index is 12.6. The van der Waals surface area contributed by atoms with E-state index in [4.69, 9.17) is 4.74 Å².